The van der Waals surface area contributed by atoms with E-state index in [0.717, 1.165) is 0 Å². The molecule has 0 aliphatic heterocycles. The molecule has 0 rings (SSSR count). The van der Waals surface area contributed by atoms with Crippen molar-refractivity contribution in [3.8, 4) is 0 Å². The second-order valence-electron chi connectivity index (χ2n) is 2.22. The summed E-state index contributed by atoms with van der Waals surface area (Å²) in [4.78, 5) is 20.9. The molecule has 0 spiro atoms. The van der Waals surface area contributed by atoms with Gasteiger partial charge in [-0.05, 0) is 0 Å². The zero-order valence-corrected chi connectivity index (χ0v) is 6.83. The number of carbonyl (C=O) groups is 2. The van der Waals surface area contributed by atoms with Gasteiger partial charge in [-0.15, -0.1) is 0 Å². The molecule has 0 heterocycles. The van der Waals surface area contributed by atoms with Gasteiger partial charge in [-0.1, -0.05) is 0 Å². The molecule has 70 valence electrons. The summed E-state index contributed by atoms with van der Waals surface area (Å²) in [7, 11) is 1.49. The van der Waals surface area contributed by atoms with Crippen LogP contribution in [0.5, 0.6) is 0 Å². The lowest BCUT2D eigenvalue weighted by atomic mass is 10.3. The third-order valence-corrected chi connectivity index (χ3v) is 1.23. The molecule has 0 saturated carbocycles. The molecule has 1 atom stereocenters. The molecule has 0 aromatic rings. The lowest BCUT2D eigenvalue weighted by Gasteiger charge is -2.06. The molecule has 0 radical (unpaired) electrons. The number of aliphatic hydroxyl groups excluding tert-OH is 1. The number of nitrogens with two attached hydrogens (primary N) is 1. The van der Waals surface area contributed by atoms with Crippen molar-refractivity contribution in [2.45, 2.75) is 6.10 Å². The molecule has 12 heavy (non-hydrogen) atoms. The Morgan fingerprint density at radius 3 is 2.58 bits per heavy atom. The monoisotopic (exact) mass is 175 g/mol. The summed E-state index contributed by atoms with van der Waals surface area (Å²) < 4.78 is 0. The van der Waals surface area contributed by atoms with Gasteiger partial charge in [0.2, 0.25) is 11.8 Å². The summed E-state index contributed by atoms with van der Waals surface area (Å²) in [6, 6.07) is 0. The van der Waals surface area contributed by atoms with Crippen molar-refractivity contribution in [3.05, 3.63) is 0 Å². The van der Waals surface area contributed by atoms with Crippen LogP contribution in [0.25, 0.3) is 0 Å². The SMILES string of the molecule is CNC(=O)CNCC(O)C(N)=O. The average molecular weight is 175 g/mol. The Balaban J connectivity index is 3.43. The van der Waals surface area contributed by atoms with Crippen molar-refractivity contribution in [1.29, 1.82) is 0 Å². The van der Waals surface area contributed by atoms with Gasteiger partial charge in [0, 0.05) is 13.6 Å². The van der Waals surface area contributed by atoms with Crippen LogP contribution in [0, 0.1) is 0 Å². The number of aliphatic hydroxyl groups is 1. The third kappa shape index (κ3) is 4.64. The van der Waals surface area contributed by atoms with E-state index in [1.165, 1.54) is 7.05 Å². The molecule has 5 N–H and O–H groups in total. The summed E-state index contributed by atoms with van der Waals surface area (Å²) in [5.41, 5.74) is 4.76. The minimum atomic E-state index is -1.24. The first-order valence-corrected chi connectivity index (χ1v) is 3.46. The van der Waals surface area contributed by atoms with Crippen LogP contribution in [0.2, 0.25) is 0 Å². The maximum atomic E-state index is 10.6. The molecule has 0 fully saturated rings. The topological polar surface area (TPSA) is 104 Å². The third-order valence-electron chi connectivity index (χ3n) is 1.23. The standard InChI is InChI=1S/C6H13N3O3/c1-8-5(11)3-9-2-4(10)6(7)12/h4,9-10H,2-3H2,1H3,(H2,7,12)(H,8,11). The normalized spacial score (nSPS) is 12.2. The maximum absolute atomic E-state index is 10.6. The number of amides is 2. The van der Waals surface area contributed by atoms with E-state index in [9.17, 15) is 9.59 Å². The van der Waals surface area contributed by atoms with Crippen molar-refractivity contribution in [1.82, 2.24) is 10.6 Å². The highest BCUT2D eigenvalue weighted by atomic mass is 16.3. The Labute approximate surface area is 70.1 Å². The quantitative estimate of drug-likeness (QED) is 0.361. The number of primary amides is 1. The molecule has 1 unspecified atom stereocenters. The smallest absolute Gasteiger partial charge is 0.247 e. The van der Waals surface area contributed by atoms with Crippen molar-refractivity contribution >= 4 is 11.8 Å². The predicted molar refractivity (Wildman–Crippen MR) is 42.1 cm³/mol. The second-order valence-corrected chi connectivity index (χ2v) is 2.22. The maximum Gasteiger partial charge on any atom is 0.247 e. The number of hydrogen-bond acceptors (Lipinski definition) is 4. The van der Waals surface area contributed by atoms with Gasteiger partial charge in [0.15, 0.2) is 0 Å². The van der Waals surface area contributed by atoms with Crippen molar-refractivity contribution in [3.63, 3.8) is 0 Å². The summed E-state index contributed by atoms with van der Waals surface area (Å²) >= 11 is 0. The van der Waals surface area contributed by atoms with E-state index in [0.29, 0.717) is 0 Å². The average Bonchev–Trinajstić information content (AvgIpc) is 2.03. The van der Waals surface area contributed by atoms with Gasteiger partial charge in [0.05, 0.1) is 6.54 Å². The van der Waals surface area contributed by atoms with E-state index in [-0.39, 0.29) is 19.0 Å². The predicted octanol–water partition coefficient (Wildman–Crippen LogP) is -2.83. The lowest BCUT2D eigenvalue weighted by Crippen LogP contribution is -2.41. The molecule has 0 aliphatic rings. The van der Waals surface area contributed by atoms with Crippen LogP contribution in [0.3, 0.4) is 0 Å². The summed E-state index contributed by atoms with van der Waals surface area (Å²) in [5, 5.41) is 13.8. The van der Waals surface area contributed by atoms with Gasteiger partial charge < -0.3 is 21.5 Å². The van der Waals surface area contributed by atoms with E-state index < -0.39 is 12.0 Å². The van der Waals surface area contributed by atoms with Crippen molar-refractivity contribution < 1.29 is 14.7 Å². The van der Waals surface area contributed by atoms with E-state index in [2.05, 4.69) is 10.6 Å². The highest BCUT2D eigenvalue weighted by Crippen LogP contribution is 1.76. The van der Waals surface area contributed by atoms with Crippen LogP contribution >= 0.6 is 0 Å². The Bertz CT molecular complexity index is 171. The molecule has 0 saturated heterocycles. The van der Waals surface area contributed by atoms with Crippen LogP contribution in [-0.4, -0.2) is 43.2 Å². The lowest BCUT2D eigenvalue weighted by molar-refractivity contribution is -0.126. The fraction of sp³-hybridized carbons (Fsp3) is 0.667. The van der Waals surface area contributed by atoms with Crippen LogP contribution < -0.4 is 16.4 Å². The number of rotatable bonds is 5. The zero-order valence-electron chi connectivity index (χ0n) is 6.83. The van der Waals surface area contributed by atoms with Gasteiger partial charge >= 0.3 is 0 Å². The van der Waals surface area contributed by atoms with Crippen LogP contribution in [0.1, 0.15) is 0 Å². The number of likely N-dealkylation sites (N-methyl/N-ethyl adjacent to an activating group) is 1. The molecule has 0 aromatic carbocycles. The van der Waals surface area contributed by atoms with Crippen LogP contribution in [0.15, 0.2) is 0 Å². The molecule has 6 nitrogen and oxygen atoms in total. The van der Waals surface area contributed by atoms with Gasteiger partial charge in [-0.3, -0.25) is 9.59 Å². The minimum absolute atomic E-state index is 0.0112. The molecule has 0 bridgehead atoms. The Kier molecular flexibility index (Phi) is 4.98. The summed E-state index contributed by atoms with van der Waals surface area (Å²) in [5.74, 6) is -1.02. The number of carbonyl (C=O) groups excluding carboxylic acids is 2. The summed E-state index contributed by atoms with van der Waals surface area (Å²) in [6.45, 7) is 0.0452. The number of nitrogens with one attached hydrogen (secondary N) is 2. The van der Waals surface area contributed by atoms with Gasteiger partial charge in [-0.2, -0.15) is 0 Å². The van der Waals surface area contributed by atoms with Crippen molar-refractivity contribution in [2.24, 2.45) is 5.73 Å². The Hall–Kier alpha value is -1.14. The fourth-order valence-electron chi connectivity index (χ4n) is 0.511. The first kappa shape index (κ1) is 10.9. The highest BCUT2D eigenvalue weighted by molar-refractivity contribution is 5.79. The zero-order chi connectivity index (χ0) is 9.56. The Morgan fingerprint density at radius 1 is 1.58 bits per heavy atom. The first-order valence-electron chi connectivity index (χ1n) is 3.46. The van der Waals surface area contributed by atoms with E-state index >= 15 is 0 Å². The van der Waals surface area contributed by atoms with Gasteiger partial charge in [-0.25, -0.2) is 0 Å². The molecule has 0 aliphatic carbocycles. The van der Waals surface area contributed by atoms with Crippen LogP contribution in [-0.2, 0) is 9.59 Å². The molecule has 0 aromatic heterocycles. The first-order chi connectivity index (χ1) is 5.57. The Morgan fingerprint density at radius 2 is 2.17 bits per heavy atom. The van der Waals surface area contributed by atoms with E-state index in [1.807, 2.05) is 0 Å². The van der Waals surface area contributed by atoms with E-state index in [4.69, 9.17) is 10.8 Å². The molecule has 2 amide bonds. The molecule has 6 heteroatoms. The molecular formula is C6H13N3O3. The van der Waals surface area contributed by atoms with Gasteiger partial charge in [0.1, 0.15) is 6.10 Å². The fourth-order valence-corrected chi connectivity index (χ4v) is 0.511. The molecular weight excluding hydrogens is 162 g/mol. The highest BCUT2D eigenvalue weighted by Gasteiger charge is 2.09. The largest absolute Gasteiger partial charge is 0.382 e. The minimum Gasteiger partial charge on any atom is -0.382 e. The second kappa shape index (κ2) is 5.50. The summed E-state index contributed by atoms with van der Waals surface area (Å²) in [6.07, 6.45) is -1.24. The number of hydrogen-bond donors (Lipinski definition) is 4. The van der Waals surface area contributed by atoms with E-state index in [1.54, 1.807) is 0 Å². The van der Waals surface area contributed by atoms with Crippen LogP contribution in [0.4, 0.5) is 0 Å². The van der Waals surface area contributed by atoms with Gasteiger partial charge in [0.25, 0.3) is 0 Å². The van der Waals surface area contributed by atoms with Crippen molar-refractivity contribution in [2.75, 3.05) is 20.1 Å².